The second-order valence-electron chi connectivity index (χ2n) is 6.52. The first-order valence-corrected chi connectivity index (χ1v) is 8.51. The molecule has 0 aromatic carbocycles. The van der Waals surface area contributed by atoms with Gasteiger partial charge in [-0.05, 0) is 25.2 Å². The van der Waals surface area contributed by atoms with Gasteiger partial charge in [0.05, 0.1) is 0 Å². The number of carbonyl (C=O) groups is 2. The third kappa shape index (κ3) is 4.32. The van der Waals surface area contributed by atoms with E-state index in [1.807, 2.05) is 11.8 Å². The van der Waals surface area contributed by atoms with E-state index in [1.165, 1.54) is 32.1 Å². The first-order valence-electron chi connectivity index (χ1n) is 8.51. The van der Waals surface area contributed by atoms with Crippen LogP contribution < -0.4 is 0 Å². The standard InChI is InChI=1S/C17H29NO2/c1-2-16(19)15-10-12-18(13-11-15)17(20)9-8-14-6-4-3-5-7-14/h14-15H,2-13H2,1H3. The van der Waals surface area contributed by atoms with Crippen molar-refractivity contribution in [3.63, 3.8) is 0 Å². The summed E-state index contributed by atoms with van der Waals surface area (Å²) in [5.74, 6) is 1.69. The molecule has 0 spiro atoms. The molecule has 1 saturated carbocycles. The predicted octanol–water partition coefficient (Wildman–Crippen LogP) is 3.56. The van der Waals surface area contributed by atoms with Gasteiger partial charge in [0.2, 0.25) is 5.91 Å². The van der Waals surface area contributed by atoms with Crippen LogP contribution in [0.2, 0.25) is 0 Å². The van der Waals surface area contributed by atoms with E-state index in [0.29, 0.717) is 18.1 Å². The van der Waals surface area contributed by atoms with Gasteiger partial charge in [0, 0.05) is 31.8 Å². The van der Waals surface area contributed by atoms with E-state index in [1.54, 1.807) is 0 Å². The lowest BCUT2D eigenvalue weighted by Gasteiger charge is -2.32. The molecule has 1 heterocycles. The van der Waals surface area contributed by atoms with Crippen molar-refractivity contribution < 1.29 is 9.59 Å². The molecule has 20 heavy (non-hydrogen) atoms. The average Bonchev–Trinajstić information content (AvgIpc) is 2.53. The van der Waals surface area contributed by atoms with Gasteiger partial charge >= 0.3 is 0 Å². The normalized spacial score (nSPS) is 21.9. The molecule has 1 aliphatic carbocycles. The Morgan fingerprint density at radius 1 is 1.00 bits per heavy atom. The first-order chi connectivity index (χ1) is 9.70. The minimum atomic E-state index is 0.211. The molecule has 0 aromatic rings. The largest absolute Gasteiger partial charge is 0.343 e. The second kappa shape index (κ2) is 7.80. The molecule has 0 atom stereocenters. The maximum atomic E-state index is 12.2. The highest BCUT2D eigenvalue weighted by Crippen LogP contribution is 2.28. The molecule has 0 bridgehead atoms. The number of likely N-dealkylation sites (tertiary alicyclic amines) is 1. The highest BCUT2D eigenvalue weighted by atomic mass is 16.2. The molecule has 0 unspecified atom stereocenters. The fraction of sp³-hybridized carbons (Fsp3) is 0.882. The van der Waals surface area contributed by atoms with Crippen LogP contribution >= 0.6 is 0 Å². The molecule has 0 aromatic heterocycles. The molecule has 2 fully saturated rings. The van der Waals surface area contributed by atoms with Crippen LogP contribution in [-0.4, -0.2) is 29.7 Å². The molecule has 3 heteroatoms. The van der Waals surface area contributed by atoms with Gasteiger partial charge in [0.25, 0.3) is 0 Å². The molecular weight excluding hydrogens is 250 g/mol. The van der Waals surface area contributed by atoms with Gasteiger partial charge < -0.3 is 4.90 Å². The zero-order valence-corrected chi connectivity index (χ0v) is 12.9. The summed E-state index contributed by atoms with van der Waals surface area (Å²) in [6.45, 7) is 3.52. The van der Waals surface area contributed by atoms with Gasteiger partial charge in [-0.1, -0.05) is 39.0 Å². The zero-order valence-electron chi connectivity index (χ0n) is 12.9. The minimum absolute atomic E-state index is 0.211. The van der Waals surface area contributed by atoms with Crippen LogP contribution in [0.25, 0.3) is 0 Å². The Morgan fingerprint density at radius 3 is 2.25 bits per heavy atom. The lowest BCUT2D eigenvalue weighted by Crippen LogP contribution is -2.40. The van der Waals surface area contributed by atoms with E-state index in [0.717, 1.165) is 44.7 Å². The summed E-state index contributed by atoms with van der Waals surface area (Å²) in [7, 11) is 0. The van der Waals surface area contributed by atoms with Crippen LogP contribution in [0, 0.1) is 11.8 Å². The smallest absolute Gasteiger partial charge is 0.222 e. The van der Waals surface area contributed by atoms with Gasteiger partial charge in [-0.15, -0.1) is 0 Å². The van der Waals surface area contributed by atoms with Gasteiger partial charge in [0.1, 0.15) is 5.78 Å². The molecule has 114 valence electrons. The molecule has 0 N–H and O–H groups in total. The van der Waals surface area contributed by atoms with Crippen LogP contribution in [0.15, 0.2) is 0 Å². The molecule has 1 amide bonds. The summed E-state index contributed by atoms with van der Waals surface area (Å²) in [5.41, 5.74) is 0. The van der Waals surface area contributed by atoms with Crippen molar-refractivity contribution in [1.29, 1.82) is 0 Å². The van der Waals surface area contributed by atoms with Gasteiger partial charge in [-0.3, -0.25) is 9.59 Å². The highest BCUT2D eigenvalue weighted by Gasteiger charge is 2.26. The molecule has 2 rings (SSSR count). The van der Waals surface area contributed by atoms with Gasteiger partial charge in [0.15, 0.2) is 0 Å². The third-order valence-electron chi connectivity index (χ3n) is 5.14. The van der Waals surface area contributed by atoms with E-state index in [9.17, 15) is 9.59 Å². The van der Waals surface area contributed by atoms with Crippen LogP contribution in [-0.2, 0) is 9.59 Å². The Morgan fingerprint density at radius 2 is 1.65 bits per heavy atom. The average molecular weight is 279 g/mol. The minimum Gasteiger partial charge on any atom is -0.343 e. The molecule has 1 saturated heterocycles. The monoisotopic (exact) mass is 279 g/mol. The number of nitrogens with zero attached hydrogens (tertiary/aromatic N) is 1. The third-order valence-corrected chi connectivity index (χ3v) is 5.14. The fourth-order valence-electron chi connectivity index (χ4n) is 3.70. The van der Waals surface area contributed by atoms with Crippen LogP contribution in [0.5, 0.6) is 0 Å². The van der Waals surface area contributed by atoms with Gasteiger partial charge in [-0.2, -0.15) is 0 Å². The fourth-order valence-corrected chi connectivity index (χ4v) is 3.70. The second-order valence-corrected chi connectivity index (χ2v) is 6.52. The molecular formula is C17H29NO2. The number of amides is 1. The van der Waals surface area contributed by atoms with Crippen LogP contribution in [0.3, 0.4) is 0 Å². The molecule has 3 nitrogen and oxygen atoms in total. The van der Waals surface area contributed by atoms with E-state index < -0.39 is 0 Å². The topological polar surface area (TPSA) is 37.4 Å². The highest BCUT2D eigenvalue weighted by molar-refractivity contribution is 5.81. The number of ketones is 1. The maximum Gasteiger partial charge on any atom is 0.222 e. The van der Waals surface area contributed by atoms with Crippen LogP contribution in [0.4, 0.5) is 0 Å². The Labute approximate surface area is 123 Å². The molecule has 1 aliphatic heterocycles. The summed E-state index contributed by atoms with van der Waals surface area (Å²) < 4.78 is 0. The number of hydrogen-bond donors (Lipinski definition) is 0. The quantitative estimate of drug-likeness (QED) is 0.771. The summed E-state index contributed by atoms with van der Waals surface area (Å²) in [5, 5.41) is 0. The first kappa shape index (κ1) is 15.5. The number of carbonyl (C=O) groups excluding carboxylic acids is 2. The Kier molecular flexibility index (Phi) is 6.06. The summed E-state index contributed by atoms with van der Waals surface area (Å²) in [6, 6.07) is 0. The Bertz CT molecular complexity index is 326. The van der Waals surface area contributed by atoms with Crippen molar-refractivity contribution >= 4 is 11.7 Å². The van der Waals surface area contributed by atoms with Crippen LogP contribution in [0.1, 0.15) is 71.1 Å². The predicted molar refractivity (Wildman–Crippen MR) is 80.4 cm³/mol. The van der Waals surface area contributed by atoms with E-state index in [-0.39, 0.29) is 5.92 Å². The number of piperidine rings is 1. The molecule has 0 radical (unpaired) electrons. The maximum absolute atomic E-state index is 12.2. The summed E-state index contributed by atoms with van der Waals surface area (Å²) in [4.78, 5) is 25.9. The number of rotatable bonds is 5. The Balaban J connectivity index is 1.67. The Hall–Kier alpha value is -0.860. The summed E-state index contributed by atoms with van der Waals surface area (Å²) in [6.07, 6.45) is 10.9. The van der Waals surface area contributed by atoms with Crippen molar-refractivity contribution in [3.05, 3.63) is 0 Å². The van der Waals surface area contributed by atoms with Gasteiger partial charge in [-0.25, -0.2) is 0 Å². The van der Waals surface area contributed by atoms with E-state index in [2.05, 4.69) is 0 Å². The lowest BCUT2D eigenvalue weighted by atomic mass is 9.86. The SMILES string of the molecule is CCC(=O)C1CCN(C(=O)CCC2CCCCC2)CC1. The van der Waals surface area contributed by atoms with Crippen molar-refractivity contribution in [2.75, 3.05) is 13.1 Å². The lowest BCUT2D eigenvalue weighted by molar-refractivity contribution is -0.135. The van der Waals surface area contributed by atoms with Crippen molar-refractivity contribution in [3.8, 4) is 0 Å². The van der Waals surface area contributed by atoms with Crippen molar-refractivity contribution in [2.45, 2.75) is 71.1 Å². The van der Waals surface area contributed by atoms with Crippen molar-refractivity contribution in [2.24, 2.45) is 11.8 Å². The zero-order chi connectivity index (χ0) is 14.4. The summed E-state index contributed by atoms with van der Waals surface area (Å²) >= 11 is 0. The van der Waals surface area contributed by atoms with Crippen molar-refractivity contribution in [1.82, 2.24) is 4.90 Å². The van der Waals surface area contributed by atoms with E-state index >= 15 is 0 Å². The molecule has 2 aliphatic rings. The number of Topliss-reactive ketones (excluding diaryl/α,β-unsaturated/α-hetero) is 1. The number of hydrogen-bond acceptors (Lipinski definition) is 2. The van der Waals surface area contributed by atoms with E-state index in [4.69, 9.17) is 0 Å².